The molecule has 1 heterocycles. The van der Waals surface area contributed by atoms with Gasteiger partial charge in [0.05, 0.1) is 0 Å². The van der Waals surface area contributed by atoms with Crippen molar-refractivity contribution in [2.45, 2.75) is 65.8 Å². The van der Waals surface area contributed by atoms with Crippen LogP contribution in [0.15, 0.2) is 4.42 Å². The Kier molecular flexibility index (Phi) is 5.32. The second-order valence-electron chi connectivity index (χ2n) is 6.35. The van der Waals surface area contributed by atoms with Crippen LogP contribution in [0.25, 0.3) is 0 Å². The molecule has 0 saturated heterocycles. The minimum Gasteiger partial charge on any atom is -0.425 e. The maximum absolute atomic E-state index is 5.69. The fourth-order valence-electron chi connectivity index (χ4n) is 1.54. The molecule has 1 aromatic heterocycles. The highest BCUT2D eigenvalue weighted by Gasteiger charge is 2.17. The molecule has 0 aromatic carbocycles. The van der Waals surface area contributed by atoms with Crippen LogP contribution in [0.4, 0.5) is 0 Å². The summed E-state index contributed by atoms with van der Waals surface area (Å²) >= 11 is 0. The second-order valence-corrected chi connectivity index (χ2v) is 6.35. The second kappa shape index (κ2) is 6.32. The van der Waals surface area contributed by atoms with Crippen LogP contribution in [0, 0.1) is 5.92 Å². The fourth-order valence-corrected chi connectivity index (χ4v) is 1.54. The Balaban J connectivity index is 2.36. The Morgan fingerprint density at radius 1 is 1.17 bits per heavy atom. The first-order valence-corrected chi connectivity index (χ1v) is 6.87. The van der Waals surface area contributed by atoms with Crippen molar-refractivity contribution in [2.75, 3.05) is 6.54 Å². The monoisotopic (exact) mass is 253 g/mol. The molecule has 4 nitrogen and oxygen atoms in total. The van der Waals surface area contributed by atoms with Crippen molar-refractivity contribution >= 4 is 0 Å². The van der Waals surface area contributed by atoms with Crippen LogP contribution in [0.5, 0.6) is 0 Å². The Morgan fingerprint density at radius 3 is 2.39 bits per heavy atom. The van der Waals surface area contributed by atoms with Gasteiger partial charge in [0.2, 0.25) is 11.8 Å². The lowest BCUT2D eigenvalue weighted by Gasteiger charge is -2.19. The topological polar surface area (TPSA) is 51.0 Å². The summed E-state index contributed by atoms with van der Waals surface area (Å²) in [7, 11) is 0. The molecule has 4 heteroatoms. The van der Waals surface area contributed by atoms with E-state index in [0.717, 1.165) is 31.2 Å². The first kappa shape index (κ1) is 15.2. The molecule has 0 saturated carbocycles. The van der Waals surface area contributed by atoms with Crippen LogP contribution in [-0.4, -0.2) is 22.3 Å². The van der Waals surface area contributed by atoms with E-state index in [1.165, 1.54) is 0 Å². The van der Waals surface area contributed by atoms with Gasteiger partial charge in [0.15, 0.2) is 0 Å². The maximum Gasteiger partial charge on any atom is 0.219 e. The van der Waals surface area contributed by atoms with Gasteiger partial charge in [-0.05, 0) is 39.7 Å². The summed E-state index contributed by atoms with van der Waals surface area (Å²) in [6.45, 7) is 13.9. The minimum atomic E-state index is 0.173. The molecule has 0 radical (unpaired) electrons. The summed E-state index contributed by atoms with van der Waals surface area (Å²) < 4.78 is 5.69. The average Bonchev–Trinajstić information content (AvgIpc) is 2.70. The van der Waals surface area contributed by atoms with Gasteiger partial charge in [0, 0.05) is 17.9 Å². The molecule has 0 spiro atoms. The highest BCUT2D eigenvalue weighted by Crippen LogP contribution is 2.22. The zero-order chi connectivity index (χ0) is 13.8. The van der Waals surface area contributed by atoms with Gasteiger partial charge in [-0.3, -0.25) is 0 Å². The van der Waals surface area contributed by atoms with Gasteiger partial charge in [-0.25, -0.2) is 0 Å². The predicted molar refractivity (Wildman–Crippen MR) is 73.6 cm³/mol. The third kappa shape index (κ3) is 5.17. The number of rotatable bonds is 6. The molecule has 1 rings (SSSR count). The highest BCUT2D eigenvalue weighted by atomic mass is 16.4. The van der Waals surface area contributed by atoms with E-state index in [2.05, 4.69) is 57.1 Å². The first-order valence-electron chi connectivity index (χ1n) is 6.87. The van der Waals surface area contributed by atoms with E-state index in [0.29, 0.717) is 11.8 Å². The van der Waals surface area contributed by atoms with Gasteiger partial charge < -0.3 is 9.73 Å². The minimum absolute atomic E-state index is 0.173. The number of aromatic nitrogens is 2. The number of hydrogen-bond acceptors (Lipinski definition) is 4. The number of nitrogens with one attached hydrogen (secondary N) is 1. The van der Waals surface area contributed by atoms with Crippen LogP contribution in [0.1, 0.15) is 65.7 Å². The molecule has 1 N–H and O–H groups in total. The van der Waals surface area contributed by atoms with Crippen LogP contribution in [0.3, 0.4) is 0 Å². The molecule has 0 aliphatic heterocycles. The fraction of sp³-hybridized carbons (Fsp3) is 0.857. The van der Waals surface area contributed by atoms with Crippen LogP contribution < -0.4 is 5.32 Å². The molecule has 1 unspecified atom stereocenters. The Hall–Kier alpha value is -0.900. The molecule has 0 aliphatic rings. The zero-order valence-corrected chi connectivity index (χ0v) is 12.6. The Labute approximate surface area is 111 Å². The van der Waals surface area contributed by atoms with Crippen molar-refractivity contribution in [2.24, 2.45) is 5.92 Å². The standard InChI is InChI=1S/C14H27N3O/c1-10(2)11(3)13-17-16-12(18-13)8-7-9-15-14(4,5)6/h10-11,15H,7-9H2,1-6H3. The number of hydrogen-bond donors (Lipinski definition) is 1. The molecule has 0 bridgehead atoms. The third-order valence-electron chi connectivity index (χ3n) is 3.09. The molecule has 0 aliphatic carbocycles. The summed E-state index contributed by atoms with van der Waals surface area (Å²) in [6.07, 6.45) is 1.87. The van der Waals surface area contributed by atoms with Gasteiger partial charge in [-0.2, -0.15) is 0 Å². The highest BCUT2D eigenvalue weighted by molar-refractivity contribution is 4.91. The van der Waals surface area contributed by atoms with Crippen molar-refractivity contribution in [3.05, 3.63) is 11.8 Å². The summed E-state index contributed by atoms with van der Waals surface area (Å²) in [5.74, 6) is 2.39. The normalized spacial score (nSPS) is 14.2. The van der Waals surface area contributed by atoms with E-state index < -0.39 is 0 Å². The molecule has 104 valence electrons. The van der Waals surface area contributed by atoms with Crippen LogP contribution >= 0.6 is 0 Å². The lowest BCUT2D eigenvalue weighted by atomic mass is 9.98. The molecule has 1 aromatic rings. The van der Waals surface area contributed by atoms with Crippen molar-refractivity contribution in [1.82, 2.24) is 15.5 Å². The zero-order valence-electron chi connectivity index (χ0n) is 12.6. The third-order valence-corrected chi connectivity index (χ3v) is 3.09. The molecular weight excluding hydrogens is 226 g/mol. The smallest absolute Gasteiger partial charge is 0.219 e. The van der Waals surface area contributed by atoms with Gasteiger partial charge in [0.1, 0.15) is 0 Å². The Morgan fingerprint density at radius 2 is 1.83 bits per heavy atom. The largest absolute Gasteiger partial charge is 0.425 e. The van der Waals surface area contributed by atoms with Crippen molar-refractivity contribution in [1.29, 1.82) is 0 Å². The van der Waals surface area contributed by atoms with Crippen LogP contribution in [-0.2, 0) is 6.42 Å². The summed E-state index contributed by atoms with van der Waals surface area (Å²) in [6, 6.07) is 0. The van der Waals surface area contributed by atoms with Crippen LogP contribution in [0.2, 0.25) is 0 Å². The molecule has 0 amide bonds. The first-order chi connectivity index (χ1) is 8.29. The quantitative estimate of drug-likeness (QED) is 0.791. The number of aryl methyl sites for hydroxylation is 1. The number of nitrogens with zero attached hydrogens (tertiary/aromatic N) is 2. The van der Waals surface area contributed by atoms with E-state index in [4.69, 9.17) is 4.42 Å². The van der Waals surface area contributed by atoms with Crippen molar-refractivity contribution in [3.8, 4) is 0 Å². The van der Waals surface area contributed by atoms with Gasteiger partial charge in [-0.15, -0.1) is 10.2 Å². The maximum atomic E-state index is 5.69. The lowest BCUT2D eigenvalue weighted by molar-refractivity contribution is 0.372. The van der Waals surface area contributed by atoms with Gasteiger partial charge in [0.25, 0.3) is 0 Å². The SMILES string of the molecule is CC(C)C(C)c1nnc(CCCNC(C)(C)C)o1. The van der Waals surface area contributed by atoms with Gasteiger partial charge >= 0.3 is 0 Å². The average molecular weight is 253 g/mol. The Bertz CT molecular complexity index is 352. The van der Waals surface area contributed by atoms with E-state index in [-0.39, 0.29) is 5.54 Å². The molecule has 0 fully saturated rings. The van der Waals surface area contributed by atoms with Crippen molar-refractivity contribution in [3.63, 3.8) is 0 Å². The molecular formula is C14H27N3O. The van der Waals surface area contributed by atoms with E-state index in [9.17, 15) is 0 Å². The van der Waals surface area contributed by atoms with Gasteiger partial charge in [-0.1, -0.05) is 20.8 Å². The van der Waals surface area contributed by atoms with E-state index in [1.54, 1.807) is 0 Å². The summed E-state index contributed by atoms with van der Waals surface area (Å²) in [5.41, 5.74) is 0.173. The summed E-state index contributed by atoms with van der Waals surface area (Å²) in [5, 5.41) is 11.7. The lowest BCUT2D eigenvalue weighted by Crippen LogP contribution is -2.36. The predicted octanol–water partition coefficient (Wildman–Crippen LogP) is 3.15. The van der Waals surface area contributed by atoms with E-state index in [1.807, 2.05) is 0 Å². The summed E-state index contributed by atoms with van der Waals surface area (Å²) in [4.78, 5) is 0. The van der Waals surface area contributed by atoms with Crippen molar-refractivity contribution < 1.29 is 4.42 Å². The molecule has 1 atom stereocenters. The molecule has 18 heavy (non-hydrogen) atoms. The van der Waals surface area contributed by atoms with E-state index >= 15 is 0 Å².